The SMILES string of the molecule is Cc1ccc(C(=O)NCC(F)(F)F)cc1NC(=O)C(C)C(N)c1ccccc1. The van der Waals surface area contributed by atoms with E-state index in [4.69, 9.17) is 5.73 Å². The van der Waals surface area contributed by atoms with Gasteiger partial charge in [0.25, 0.3) is 5.91 Å². The van der Waals surface area contributed by atoms with Crippen LogP contribution in [0.2, 0.25) is 0 Å². The standard InChI is InChI=1S/C20H22F3N3O2/c1-12-8-9-15(19(28)25-11-20(21,22)23)10-16(12)26-18(27)13(2)17(24)14-6-4-3-5-7-14/h3-10,13,17H,11,24H2,1-2H3,(H,25,28)(H,26,27). The van der Waals surface area contributed by atoms with Gasteiger partial charge in [-0.15, -0.1) is 0 Å². The summed E-state index contributed by atoms with van der Waals surface area (Å²) in [4.78, 5) is 24.5. The van der Waals surface area contributed by atoms with E-state index in [1.165, 1.54) is 12.1 Å². The lowest BCUT2D eigenvalue weighted by Gasteiger charge is -2.20. The van der Waals surface area contributed by atoms with Crippen molar-refractivity contribution in [3.63, 3.8) is 0 Å². The lowest BCUT2D eigenvalue weighted by atomic mass is 9.94. The van der Waals surface area contributed by atoms with Crippen LogP contribution in [-0.4, -0.2) is 24.5 Å². The lowest BCUT2D eigenvalue weighted by molar-refractivity contribution is -0.123. The fourth-order valence-corrected chi connectivity index (χ4v) is 2.55. The number of carbonyl (C=O) groups is 2. The Labute approximate surface area is 161 Å². The molecule has 2 unspecified atom stereocenters. The van der Waals surface area contributed by atoms with Crippen molar-refractivity contribution in [3.05, 3.63) is 65.2 Å². The van der Waals surface area contributed by atoms with Gasteiger partial charge in [-0.2, -0.15) is 13.2 Å². The van der Waals surface area contributed by atoms with Gasteiger partial charge in [0.15, 0.2) is 0 Å². The Hall–Kier alpha value is -2.87. The molecule has 2 rings (SSSR count). The molecule has 0 aliphatic rings. The van der Waals surface area contributed by atoms with Crippen molar-refractivity contribution < 1.29 is 22.8 Å². The number of halogens is 3. The Morgan fingerprint density at radius 1 is 1.11 bits per heavy atom. The average molecular weight is 393 g/mol. The summed E-state index contributed by atoms with van der Waals surface area (Å²) >= 11 is 0. The molecule has 2 aromatic carbocycles. The first-order valence-electron chi connectivity index (χ1n) is 8.65. The number of hydrogen-bond donors (Lipinski definition) is 3. The molecule has 4 N–H and O–H groups in total. The third kappa shape index (κ3) is 5.82. The number of amides is 2. The molecule has 0 heterocycles. The Bertz CT molecular complexity index is 838. The molecule has 0 aromatic heterocycles. The predicted molar refractivity (Wildman–Crippen MR) is 101 cm³/mol. The zero-order valence-corrected chi connectivity index (χ0v) is 15.5. The van der Waals surface area contributed by atoms with Gasteiger partial charge < -0.3 is 16.4 Å². The van der Waals surface area contributed by atoms with Crippen LogP contribution in [0.1, 0.15) is 34.5 Å². The fourth-order valence-electron chi connectivity index (χ4n) is 2.55. The first-order valence-corrected chi connectivity index (χ1v) is 8.65. The fraction of sp³-hybridized carbons (Fsp3) is 0.300. The van der Waals surface area contributed by atoms with E-state index in [0.717, 1.165) is 5.56 Å². The van der Waals surface area contributed by atoms with Crippen molar-refractivity contribution in [1.29, 1.82) is 0 Å². The van der Waals surface area contributed by atoms with E-state index in [2.05, 4.69) is 5.32 Å². The highest BCUT2D eigenvalue weighted by atomic mass is 19.4. The third-order valence-electron chi connectivity index (χ3n) is 4.34. The van der Waals surface area contributed by atoms with Crippen LogP contribution in [0.15, 0.2) is 48.5 Å². The largest absolute Gasteiger partial charge is 0.405 e. The molecule has 0 radical (unpaired) electrons. The van der Waals surface area contributed by atoms with Crippen LogP contribution in [0.25, 0.3) is 0 Å². The summed E-state index contributed by atoms with van der Waals surface area (Å²) in [5.74, 6) is -1.79. The number of nitrogens with two attached hydrogens (primary N) is 1. The van der Waals surface area contributed by atoms with Crippen molar-refractivity contribution in [3.8, 4) is 0 Å². The second-order valence-electron chi connectivity index (χ2n) is 6.54. The molecule has 2 aromatic rings. The molecule has 0 saturated carbocycles. The maximum absolute atomic E-state index is 12.6. The monoisotopic (exact) mass is 393 g/mol. The smallest absolute Gasteiger partial charge is 0.343 e. The number of benzene rings is 2. The van der Waals surface area contributed by atoms with Gasteiger partial charge in [0.05, 0.1) is 5.92 Å². The van der Waals surface area contributed by atoms with Crippen LogP contribution in [-0.2, 0) is 4.79 Å². The molecule has 5 nitrogen and oxygen atoms in total. The molecule has 0 saturated heterocycles. The van der Waals surface area contributed by atoms with Crippen molar-refractivity contribution >= 4 is 17.5 Å². The van der Waals surface area contributed by atoms with Gasteiger partial charge >= 0.3 is 6.18 Å². The average Bonchev–Trinajstić information content (AvgIpc) is 2.66. The Balaban J connectivity index is 2.10. The van der Waals surface area contributed by atoms with Crippen LogP contribution in [0.3, 0.4) is 0 Å². The summed E-state index contributed by atoms with van der Waals surface area (Å²) in [5, 5.41) is 4.51. The maximum atomic E-state index is 12.6. The van der Waals surface area contributed by atoms with E-state index in [0.29, 0.717) is 11.3 Å². The van der Waals surface area contributed by atoms with E-state index >= 15 is 0 Å². The number of anilines is 1. The Kier molecular flexibility index (Phi) is 6.80. The number of nitrogens with one attached hydrogen (secondary N) is 2. The van der Waals surface area contributed by atoms with Crippen molar-refractivity contribution in [2.24, 2.45) is 11.7 Å². The Morgan fingerprint density at radius 3 is 2.36 bits per heavy atom. The van der Waals surface area contributed by atoms with Gasteiger partial charge in [0.1, 0.15) is 6.54 Å². The number of carbonyl (C=O) groups excluding carboxylic acids is 2. The summed E-state index contributed by atoms with van der Waals surface area (Å²) in [5.41, 5.74) is 8.00. The Morgan fingerprint density at radius 2 is 1.75 bits per heavy atom. The summed E-state index contributed by atoms with van der Waals surface area (Å²) in [6.45, 7) is 1.97. The second-order valence-corrected chi connectivity index (χ2v) is 6.54. The summed E-state index contributed by atoms with van der Waals surface area (Å²) < 4.78 is 36.8. The predicted octanol–water partition coefficient (Wildman–Crippen LogP) is 3.56. The van der Waals surface area contributed by atoms with E-state index in [1.807, 2.05) is 30.3 Å². The number of rotatable bonds is 6. The lowest BCUT2D eigenvalue weighted by Crippen LogP contribution is -2.34. The first kappa shape index (κ1) is 21.4. The number of hydrogen-bond acceptors (Lipinski definition) is 3. The van der Waals surface area contributed by atoms with Gasteiger partial charge in [-0.05, 0) is 30.2 Å². The molecule has 2 amide bonds. The minimum absolute atomic E-state index is 0.0187. The van der Waals surface area contributed by atoms with Gasteiger partial charge in [0, 0.05) is 17.3 Å². The van der Waals surface area contributed by atoms with Gasteiger partial charge in [0.2, 0.25) is 5.91 Å². The van der Waals surface area contributed by atoms with Crippen LogP contribution in [0.5, 0.6) is 0 Å². The van der Waals surface area contributed by atoms with Crippen molar-refractivity contribution in [2.75, 3.05) is 11.9 Å². The van der Waals surface area contributed by atoms with Crippen LogP contribution < -0.4 is 16.4 Å². The number of aryl methyl sites for hydroxylation is 1. The van der Waals surface area contributed by atoms with Crippen LogP contribution in [0, 0.1) is 12.8 Å². The molecule has 0 spiro atoms. The van der Waals surface area contributed by atoms with Crippen molar-refractivity contribution in [1.82, 2.24) is 5.32 Å². The molecule has 0 bridgehead atoms. The summed E-state index contributed by atoms with van der Waals surface area (Å²) in [6.07, 6.45) is -4.50. The van der Waals surface area contributed by atoms with Crippen LogP contribution in [0.4, 0.5) is 18.9 Å². The summed E-state index contributed by atoms with van der Waals surface area (Å²) in [6, 6.07) is 12.9. The zero-order chi connectivity index (χ0) is 20.9. The van der Waals surface area contributed by atoms with E-state index in [1.54, 1.807) is 25.2 Å². The molecule has 2 atom stereocenters. The van der Waals surface area contributed by atoms with E-state index in [-0.39, 0.29) is 11.5 Å². The third-order valence-corrected chi connectivity index (χ3v) is 4.34. The number of alkyl halides is 3. The highest BCUT2D eigenvalue weighted by Gasteiger charge is 2.28. The van der Waals surface area contributed by atoms with E-state index < -0.39 is 30.6 Å². The van der Waals surface area contributed by atoms with E-state index in [9.17, 15) is 22.8 Å². The highest BCUT2D eigenvalue weighted by molar-refractivity contribution is 5.98. The molecule has 28 heavy (non-hydrogen) atoms. The first-order chi connectivity index (χ1) is 13.1. The van der Waals surface area contributed by atoms with Gasteiger partial charge in [-0.1, -0.05) is 43.3 Å². The van der Waals surface area contributed by atoms with Crippen molar-refractivity contribution in [2.45, 2.75) is 26.1 Å². The minimum atomic E-state index is -4.50. The highest BCUT2D eigenvalue weighted by Crippen LogP contribution is 2.23. The maximum Gasteiger partial charge on any atom is 0.405 e. The molecular weight excluding hydrogens is 371 g/mol. The molecular formula is C20H22F3N3O2. The molecule has 0 aliphatic carbocycles. The second kappa shape index (κ2) is 8.88. The van der Waals surface area contributed by atoms with Crippen LogP contribution >= 0.6 is 0 Å². The molecule has 8 heteroatoms. The molecule has 0 aliphatic heterocycles. The quantitative estimate of drug-likeness (QED) is 0.702. The zero-order valence-electron chi connectivity index (χ0n) is 15.5. The van der Waals surface area contributed by atoms with Gasteiger partial charge in [-0.25, -0.2) is 0 Å². The summed E-state index contributed by atoms with van der Waals surface area (Å²) in [7, 11) is 0. The molecule has 0 fully saturated rings. The van der Waals surface area contributed by atoms with Gasteiger partial charge in [-0.3, -0.25) is 9.59 Å². The minimum Gasteiger partial charge on any atom is -0.343 e. The normalized spacial score (nSPS) is 13.5. The molecule has 150 valence electrons. The topological polar surface area (TPSA) is 84.2 Å².